The topological polar surface area (TPSA) is 206 Å². The number of nitrogens with two attached hydrogens (primary N) is 2. The van der Waals surface area contributed by atoms with Crippen molar-refractivity contribution < 1.29 is 30.7 Å². The molecule has 0 aliphatic heterocycles. The van der Waals surface area contributed by atoms with Gasteiger partial charge in [0.2, 0.25) is 0 Å². The number of hydrogen-bond acceptors (Lipinski definition) is 5. The number of amides is 1. The molecule has 0 bridgehead atoms. The van der Waals surface area contributed by atoms with Gasteiger partial charge in [-0.2, -0.15) is 21.8 Å². The number of aromatic nitrogens is 1. The normalized spacial score (nSPS) is 10.7. The third kappa shape index (κ3) is 13.6. The summed E-state index contributed by atoms with van der Waals surface area (Å²) in [5.74, 6) is -0.704. The van der Waals surface area contributed by atoms with Crippen molar-refractivity contribution in [2.75, 3.05) is 12.5 Å². The van der Waals surface area contributed by atoms with E-state index in [0.29, 0.717) is 18.2 Å². The Morgan fingerprint density at radius 2 is 1.48 bits per heavy atom. The summed E-state index contributed by atoms with van der Waals surface area (Å²) in [6.45, 7) is 0. The molecule has 2 rings (SSSR count). The molecular formula is C12H18N4O7S2. The van der Waals surface area contributed by atoms with Gasteiger partial charge in [-0.3, -0.25) is 13.9 Å². The maximum absolute atomic E-state index is 11.4. The van der Waals surface area contributed by atoms with E-state index in [4.69, 9.17) is 20.6 Å². The standard InChI is InChI=1S/C10H10N4O.2CH4O3S/c11-10(12)14-9(15)8-5-6-3-1-2-4-7(6)13-8;2*1-5(2,3)4/h1-5,13H,(H4,11,12,14,15);2*1H3,(H,2,3,4). The number of carbonyl (C=O) groups excluding carboxylic acids is 1. The summed E-state index contributed by atoms with van der Waals surface area (Å²) in [5.41, 5.74) is 11.5. The summed E-state index contributed by atoms with van der Waals surface area (Å²) in [7, 11) is -7.33. The molecule has 0 atom stereocenters. The van der Waals surface area contributed by atoms with Crippen LogP contribution in [-0.2, 0) is 20.2 Å². The number of rotatable bonds is 1. The van der Waals surface area contributed by atoms with Crippen molar-refractivity contribution in [1.29, 1.82) is 0 Å². The van der Waals surface area contributed by atoms with Crippen molar-refractivity contribution in [2.24, 2.45) is 16.5 Å². The summed E-state index contributed by atoms with van der Waals surface area (Å²) in [4.78, 5) is 17.8. The second-order valence-corrected chi connectivity index (χ2v) is 7.51. The van der Waals surface area contributed by atoms with E-state index < -0.39 is 26.1 Å². The van der Waals surface area contributed by atoms with Crippen LogP contribution in [0.3, 0.4) is 0 Å². The van der Waals surface area contributed by atoms with Crippen LogP contribution in [0.25, 0.3) is 10.9 Å². The van der Waals surface area contributed by atoms with Crippen LogP contribution in [0.15, 0.2) is 35.3 Å². The molecule has 0 unspecified atom stereocenters. The number of carbonyl (C=O) groups is 1. The summed E-state index contributed by atoms with van der Waals surface area (Å²) in [6.07, 6.45) is 1.43. The molecule has 0 saturated heterocycles. The van der Waals surface area contributed by atoms with E-state index in [9.17, 15) is 21.6 Å². The van der Waals surface area contributed by atoms with Gasteiger partial charge in [-0.15, -0.1) is 0 Å². The fourth-order valence-electron chi connectivity index (χ4n) is 1.37. The second kappa shape index (κ2) is 9.12. The summed E-state index contributed by atoms with van der Waals surface area (Å²) in [6, 6.07) is 9.27. The fourth-order valence-corrected chi connectivity index (χ4v) is 1.37. The smallest absolute Gasteiger partial charge is 0.296 e. The van der Waals surface area contributed by atoms with Gasteiger partial charge in [0.1, 0.15) is 5.69 Å². The number of hydrogen-bond donors (Lipinski definition) is 5. The number of guanidine groups is 1. The Labute approximate surface area is 144 Å². The number of aliphatic imine (C=N–C) groups is 1. The quantitative estimate of drug-likeness (QED) is 0.241. The van der Waals surface area contributed by atoms with E-state index in [-0.39, 0.29) is 5.96 Å². The molecule has 13 heteroatoms. The third-order valence-corrected chi connectivity index (χ3v) is 1.99. The van der Waals surface area contributed by atoms with E-state index in [1.807, 2.05) is 24.3 Å². The Kier molecular flexibility index (Phi) is 8.22. The molecule has 0 radical (unpaired) electrons. The van der Waals surface area contributed by atoms with Crippen molar-refractivity contribution in [3.05, 3.63) is 36.0 Å². The van der Waals surface area contributed by atoms with Crippen LogP contribution in [0.2, 0.25) is 0 Å². The Balaban J connectivity index is 0.000000480. The highest BCUT2D eigenvalue weighted by Crippen LogP contribution is 2.14. The van der Waals surface area contributed by atoms with Gasteiger partial charge in [0.25, 0.3) is 26.1 Å². The Bertz CT molecular complexity index is 879. The molecule has 0 aliphatic rings. The summed E-state index contributed by atoms with van der Waals surface area (Å²) >= 11 is 0. The lowest BCUT2D eigenvalue weighted by molar-refractivity contribution is 0.0998. The monoisotopic (exact) mass is 394 g/mol. The lowest BCUT2D eigenvalue weighted by atomic mass is 10.2. The Morgan fingerprint density at radius 3 is 1.88 bits per heavy atom. The largest absolute Gasteiger partial charge is 0.370 e. The van der Waals surface area contributed by atoms with E-state index in [1.54, 1.807) is 6.07 Å². The molecule has 25 heavy (non-hydrogen) atoms. The maximum atomic E-state index is 11.4. The minimum absolute atomic E-state index is 0.237. The average molecular weight is 394 g/mol. The molecule has 0 spiro atoms. The first kappa shape index (κ1) is 22.5. The minimum Gasteiger partial charge on any atom is -0.370 e. The first-order valence-corrected chi connectivity index (χ1v) is 9.93. The second-order valence-electron chi connectivity index (χ2n) is 4.58. The molecule has 1 aromatic carbocycles. The lowest BCUT2D eigenvalue weighted by Gasteiger charge is -1.90. The van der Waals surface area contributed by atoms with Gasteiger partial charge in [-0.05, 0) is 12.1 Å². The molecule has 7 N–H and O–H groups in total. The van der Waals surface area contributed by atoms with Gasteiger partial charge >= 0.3 is 0 Å². The predicted octanol–water partition coefficient (Wildman–Crippen LogP) is -0.410. The molecule has 140 valence electrons. The number of aromatic amines is 1. The molecule has 1 amide bonds. The van der Waals surface area contributed by atoms with Crippen molar-refractivity contribution in [1.82, 2.24) is 4.98 Å². The van der Waals surface area contributed by atoms with Crippen LogP contribution in [0.1, 0.15) is 10.5 Å². The Morgan fingerprint density at radius 1 is 1.04 bits per heavy atom. The van der Waals surface area contributed by atoms with Crippen molar-refractivity contribution in [3.63, 3.8) is 0 Å². The number of fused-ring (bicyclic) bond motifs is 1. The molecule has 11 nitrogen and oxygen atoms in total. The van der Waals surface area contributed by atoms with Crippen LogP contribution in [0, 0.1) is 0 Å². The third-order valence-electron chi connectivity index (χ3n) is 1.99. The number of H-pyrrole nitrogens is 1. The summed E-state index contributed by atoms with van der Waals surface area (Å²) in [5, 5.41) is 0.951. The van der Waals surface area contributed by atoms with E-state index in [1.165, 1.54) is 0 Å². The summed E-state index contributed by atoms with van der Waals surface area (Å²) < 4.78 is 51.7. The molecule has 0 saturated carbocycles. The number of nitrogens with one attached hydrogen (secondary N) is 1. The lowest BCUT2D eigenvalue weighted by Crippen LogP contribution is -2.24. The van der Waals surface area contributed by atoms with Crippen molar-refractivity contribution >= 4 is 43.0 Å². The van der Waals surface area contributed by atoms with E-state index >= 15 is 0 Å². The van der Waals surface area contributed by atoms with Crippen LogP contribution in [-0.4, -0.2) is 55.3 Å². The average Bonchev–Trinajstić information content (AvgIpc) is 2.77. The van der Waals surface area contributed by atoms with Crippen LogP contribution < -0.4 is 11.5 Å². The van der Waals surface area contributed by atoms with Crippen molar-refractivity contribution in [3.8, 4) is 0 Å². The van der Waals surface area contributed by atoms with Crippen molar-refractivity contribution in [2.45, 2.75) is 0 Å². The van der Waals surface area contributed by atoms with Gasteiger partial charge < -0.3 is 16.5 Å². The van der Waals surface area contributed by atoms with Gasteiger partial charge in [0.15, 0.2) is 5.96 Å². The zero-order chi connectivity index (χ0) is 19.8. The maximum Gasteiger partial charge on any atom is 0.296 e. The van der Waals surface area contributed by atoms with Gasteiger partial charge in [0, 0.05) is 10.9 Å². The van der Waals surface area contributed by atoms with Crippen LogP contribution in [0.5, 0.6) is 0 Å². The molecule has 2 aromatic rings. The number of nitrogens with zero attached hydrogens (tertiary/aromatic N) is 1. The predicted molar refractivity (Wildman–Crippen MR) is 93.4 cm³/mol. The fraction of sp³-hybridized carbons (Fsp3) is 0.167. The first-order valence-electron chi connectivity index (χ1n) is 6.23. The molecule has 0 aliphatic carbocycles. The minimum atomic E-state index is -3.67. The SMILES string of the molecule is CS(=O)(=O)O.CS(=O)(=O)O.NC(N)=NC(=O)c1cc2ccccc2[nH]1. The highest BCUT2D eigenvalue weighted by atomic mass is 32.2. The molecule has 1 heterocycles. The van der Waals surface area contributed by atoms with Gasteiger partial charge in [0.05, 0.1) is 12.5 Å². The highest BCUT2D eigenvalue weighted by molar-refractivity contribution is 7.85. The van der Waals surface area contributed by atoms with Crippen LogP contribution >= 0.6 is 0 Å². The van der Waals surface area contributed by atoms with E-state index in [2.05, 4.69) is 9.98 Å². The Hall–Kier alpha value is -2.48. The van der Waals surface area contributed by atoms with Gasteiger partial charge in [-0.1, -0.05) is 18.2 Å². The molecule has 0 fully saturated rings. The highest BCUT2D eigenvalue weighted by Gasteiger charge is 2.07. The first-order chi connectivity index (χ1) is 11.2. The number of benzene rings is 1. The zero-order valence-corrected chi connectivity index (χ0v) is 14.9. The van der Waals surface area contributed by atoms with Crippen LogP contribution in [0.4, 0.5) is 0 Å². The van der Waals surface area contributed by atoms with Gasteiger partial charge in [-0.25, -0.2) is 0 Å². The molecular weight excluding hydrogens is 376 g/mol. The molecule has 1 aromatic heterocycles. The zero-order valence-electron chi connectivity index (χ0n) is 13.2. The van der Waals surface area contributed by atoms with E-state index in [0.717, 1.165) is 10.9 Å². The number of para-hydroxylation sites is 1.